The van der Waals surface area contributed by atoms with Crippen LogP contribution in [0.1, 0.15) is 26.3 Å². The Bertz CT molecular complexity index is 423. The van der Waals surface area contributed by atoms with Crippen molar-refractivity contribution in [2.45, 2.75) is 27.3 Å². The number of phenolic OH excluding ortho intramolecular Hbond substituents is 1. The first-order chi connectivity index (χ1) is 9.53. The molecule has 0 bridgehead atoms. The molecule has 20 heavy (non-hydrogen) atoms. The number of benzene rings is 1. The normalized spacial score (nSPS) is 11.6. The molecule has 1 aromatic rings. The minimum Gasteiger partial charge on any atom is -0.506 e. The van der Waals surface area contributed by atoms with E-state index in [2.05, 4.69) is 30.6 Å². The molecule has 0 atom stereocenters. The molecule has 0 spiro atoms. The van der Waals surface area contributed by atoms with Gasteiger partial charge in [-0.15, -0.1) is 0 Å². The zero-order chi connectivity index (χ0) is 15.1. The summed E-state index contributed by atoms with van der Waals surface area (Å²) < 4.78 is 0. The molecule has 1 N–H and O–H groups in total. The highest BCUT2D eigenvalue weighted by Gasteiger charge is 2.12. The van der Waals surface area contributed by atoms with Gasteiger partial charge in [-0.1, -0.05) is 50.0 Å². The molecule has 5 heteroatoms. The van der Waals surface area contributed by atoms with Gasteiger partial charge in [0, 0.05) is 19.6 Å². The molecule has 0 aliphatic rings. The van der Waals surface area contributed by atoms with E-state index in [9.17, 15) is 5.11 Å². The van der Waals surface area contributed by atoms with Crippen LogP contribution in [-0.4, -0.2) is 47.6 Å². The van der Waals surface area contributed by atoms with Crippen molar-refractivity contribution in [3.8, 4) is 5.75 Å². The van der Waals surface area contributed by atoms with Crippen LogP contribution in [0.25, 0.3) is 0 Å². The van der Waals surface area contributed by atoms with Crippen molar-refractivity contribution in [2.75, 3.05) is 32.7 Å². The summed E-state index contributed by atoms with van der Waals surface area (Å²) in [4.78, 5) is 4.72. The monoisotopic (exact) mass is 318 g/mol. The molecule has 0 amide bonds. The van der Waals surface area contributed by atoms with Gasteiger partial charge in [0.2, 0.25) is 0 Å². The fraction of sp³-hybridized carbons (Fsp3) is 0.600. The van der Waals surface area contributed by atoms with Gasteiger partial charge in [0.05, 0.1) is 5.02 Å². The minimum atomic E-state index is 0.0339. The molecule has 0 aliphatic carbocycles. The second-order valence-electron chi connectivity index (χ2n) is 4.77. The van der Waals surface area contributed by atoms with E-state index >= 15 is 0 Å². The van der Waals surface area contributed by atoms with Gasteiger partial charge in [0.25, 0.3) is 0 Å². The van der Waals surface area contributed by atoms with Crippen molar-refractivity contribution in [1.29, 1.82) is 0 Å². The smallest absolute Gasteiger partial charge is 0.135 e. The lowest BCUT2D eigenvalue weighted by Crippen LogP contribution is -2.34. The summed E-state index contributed by atoms with van der Waals surface area (Å²) in [5.74, 6) is 0.0339. The summed E-state index contributed by atoms with van der Waals surface area (Å²) in [5.41, 5.74) is 0.955. The highest BCUT2D eigenvalue weighted by Crippen LogP contribution is 2.34. The molecule has 114 valence electrons. The summed E-state index contributed by atoms with van der Waals surface area (Å²) in [6, 6.07) is 3.44. The van der Waals surface area contributed by atoms with Gasteiger partial charge < -0.3 is 10.0 Å². The van der Waals surface area contributed by atoms with E-state index in [0.717, 1.165) is 44.8 Å². The number of hydrogen-bond donors (Lipinski definition) is 1. The van der Waals surface area contributed by atoms with Crippen molar-refractivity contribution in [3.63, 3.8) is 0 Å². The zero-order valence-electron chi connectivity index (χ0n) is 12.5. The fourth-order valence-electron chi connectivity index (χ4n) is 2.11. The maximum atomic E-state index is 9.52. The first-order valence-corrected chi connectivity index (χ1v) is 7.89. The molecule has 0 radical (unpaired) electrons. The highest BCUT2D eigenvalue weighted by atomic mass is 35.5. The largest absolute Gasteiger partial charge is 0.506 e. The third-order valence-electron chi connectivity index (χ3n) is 3.61. The summed E-state index contributed by atoms with van der Waals surface area (Å²) in [7, 11) is 0. The molecule has 0 heterocycles. The minimum absolute atomic E-state index is 0.0339. The summed E-state index contributed by atoms with van der Waals surface area (Å²) in [5, 5.41) is 10.2. The first kappa shape index (κ1) is 17.6. The van der Waals surface area contributed by atoms with E-state index in [-0.39, 0.29) is 10.8 Å². The van der Waals surface area contributed by atoms with Crippen LogP contribution in [0.2, 0.25) is 10.0 Å². The molecular weight excluding hydrogens is 295 g/mol. The molecule has 0 fully saturated rings. The third kappa shape index (κ3) is 4.81. The van der Waals surface area contributed by atoms with Gasteiger partial charge in [-0.3, -0.25) is 4.90 Å². The topological polar surface area (TPSA) is 26.7 Å². The number of halogens is 2. The van der Waals surface area contributed by atoms with Gasteiger partial charge >= 0.3 is 0 Å². The Hall–Kier alpha value is -0.480. The van der Waals surface area contributed by atoms with Gasteiger partial charge in [-0.2, -0.15) is 0 Å². The van der Waals surface area contributed by atoms with E-state index in [1.54, 1.807) is 6.07 Å². The number of aromatic hydroxyl groups is 1. The van der Waals surface area contributed by atoms with Crippen molar-refractivity contribution in [2.24, 2.45) is 0 Å². The van der Waals surface area contributed by atoms with Gasteiger partial charge in [0.15, 0.2) is 0 Å². The predicted molar refractivity (Wildman–Crippen MR) is 86.9 cm³/mol. The fourth-order valence-corrected chi connectivity index (χ4v) is 2.52. The summed E-state index contributed by atoms with van der Waals surface area (Å²) in [6.07, 6.45) is 0. The highest BCUT2D eigenvalue weighted by molar-refractivity contribution is 6.43. The predicted octanol–water partition coefficient (Wildman–Crippen LogP) is 3.86. The van der Waals surface area contributed by atoms with Crippen LogP contribution < -0.4 is 0 Å². The van der Waals surface area contributed by atoms with E-state index in [1.807, 2.05) is 6.07 Å². The molecule has 0 saturated carbocycles. The number of phenols is 1. The first-order valence-electron chi connectivity index (χ1n) is 7.13. The van der Waals surface area contributed by atoms with Gasteiger partial charge in [0.1, 0.15) is 10.8 Å². The Morgan fingerprint density at radius 2 is 1.45 bits per heavy atom. The molecule has 0 aliphatic heterocycles. The van der Waals surface area contributed by atoms with Gasteiger partial charge in [-0.05, 0) is 31.3 Å². The quantitative estimate of drug-likeness (QED) is 0.788. The molecule has 0 saturated heterocycles. The standard InChI is InChI=1S/C15H24Cl2N2O/c1-4-18(5-2)9-10-19(6-3)11-12-7-8-13(20)15(17)14(12)16/h7-8,20H,4-6,9-11H2,1-3H3. The van der Waals surface area contributed by atoms with Crippen LogP contribution in [0.5, 0.6) is 5.75 Å². The van der Waals surface area contributed by atoms with Crippen molar-refractivity contribution in [1.82, 2.24) is 9.80 Å². The van der Waals surface area contributed by atoms with Crippen LogP contribution in [0.3, 0.4) is 0 Å². The van der Waals surface area contributed by atoms with Crippen LogP contribution in [0, 0.1) is 0 Å². The van der Waals surface area contributed by atoms with E-state index in [1.165, 1.54) is 0 Å². The number of nitrogens with zero attached hydrogens (tertiary/aromatic N) is 2. The van der Waals surface area contributed by atoms with E-state index in [4.69, 9.17) is 23.2 Å². The van der Waals surface area contributed by atoms with Gasteiger partial charge in [-0.25, -0.2) is 0 Å². The number of likely N-dealkylation sites (N-methyl/N-ethyl adjacent to an activating group) is 2. The third-order valence-corrected chi connectivity index (χ3v) is 4.52. The Morgan fingerprint density at radius 1 is 0.900 bits per heavy atom. The van der Waals surface area contributed by atoms with Crippen LogP contribution in [0.15, 0.2) is 12.1 Å². The van der Waals surface area contributed by atoms with E-state index < -0.39 is 0 Å². The lowest BCUT2D eigenvalue weighted by Gasteiger charge is -2.25. The Morgan fingerprint density at radius 3 is 2.00 bits per heavy atom. The lowest BCUT2D eigenvalue weighted by molar-refractivity contribution is 0.215. The molecule has 3 nitrogen and oxygen atoms in total. The second kappa shape index (κ2) is 8.73. The van der Waals surface area contributed by atoms with Crippen molar-refractivity contribution >= 4 is 23.2 Å². The van der Waals surface area contributed by atoms with Crippen LogP contribution >= 0.6 is 23.2 Å². The van der Waals surface area contributed by atoms with Crippen LogP contribution in [-0.2, 0) is 6.54 Å². The Balaban J connectivity index is 2.67. The number of hydrogen-bond acceptors (Lipinski definition) is 3. The lowest BCUT2D eigenvalue weighted by atomic mass is 10.2. The molecule has 1 aromatic carbocycles. The number of rotatable bonds is 8. The second-order valence-corrected chi connectivity index (χ2v) is 5.52. The molecular formula is C15H24Cl2N2O. The SMILES string of the molecule is CCN(CC)CCN(CC)Cc1ccc(O)c(Cl)c1Cl. The Labute approximate surface area is 132 Å². The molecule has 1 rings (SSSR count). The molecule has 0 unspecified atom stereocenters. The summed E-state index contributed by atoms with van der Waals surface area (Å²) >= 11 is 12.2. The molecule has 0 aromatic heterocycles. The average Bonchev–Trinajstić information content (AvgIpc) is 2.47. The van der Waals surface area contributed by atoms with Crippen LogP contribution in [0.4, 0.5) is 0 Å². The maximum absolute atomic E-state index is 9.52. The zero-order valence-corrected chi connectivity index (χ0v) is 14.0. The van der Waals surface area contributed by atoms with Crippen molar-refractivity contribution < 1.29 is 5.11 Å². The van der Waals surface area contributed by atoms with Crippen molar-refractivity contribution in [3.05, 3.63) is 27.7 Å². The Kier molecular flexibility index (Phi) is 7.67. The summed E-state index contributed by atoms with van der Waals surface area (Å²) in [6.45, 7) is 12.4. The van der Waals surface area contributed by atoms with E-state index in [0.29, 0.717) is 5.02 Å². The maximum Gasteiger partial charge on any atom is 0.135 e. The average molecular weight is 319 g/mol.